The van der Waals surface area contributed by atoms with Crippen LogP contribution < -0.4 is 11.5 Å². The van der Waals surface area contributed by atoms with Crippen LogP contribution in [0.4, 0.5) is 4.79 Å². The molecular formula is C60H68N8O10. The summed E-state index contributed by atoms with van der Waals surface area (Å²) < 4.78 is 10.9. The third-order valence-electron chi connectivity index (χ3n) is 18.0. The molecule has 3 aromatic rings. The molecule has 2 saturated heterocycles. The molecule has 5 fully saturated rings. The van der Waals surface area contributed by atoms with E-state index >= 15 is 0 Å². The summed E-state index contributed by atoms with van der Waals surface area (Å²) in [6.07, 6.45) is 16.2. The fraction of sp³-hybridized carbons (Fsp3) is 0.433. The number of rotatable bonds is 5. The van der Waals surface area contributed by atoms with Crippen molar-refractivity contribution in [3.8, 4) is 0 Å². The number of carbonyl (C=O) groups excluding carboxylic acids is 6. The minimum atomic E-state index is -1.62. The molecule has 1 amide bonds. The molecule has 0 aromatic carbocycles. The second-order valence-electron chi connectivity index (χ2n) is 22.5. The van der Waals surface area contributed by atoms with Gasteiger partial charge in [-0.3, -0.25) is 28.9 Å². The number of piperazine rings is 1. The van der Waals surface area contributed by atoms with Gasteiger partial charge in [0, 0.05) is 76.1 Å². The first-order valence-corrected chi connectivity index (χ1v) is 26.8. The second-order valence-corrected chi connectivity index (χ2v) is 22.5. The lowest BCUT2D eigenvalue weighted by molar-refractivity contribution is -0.168. The molecule has 5 aliphatic carbocycles. The van der Waals surface area contributed by atoms with E-state index in [2.05, 4.69) is 69.0 Å². The van der Waals surface area contributed by atoms with Crippen molar-refractivity contribution in [1.82, 2.24) is 29.7 Å². The summed E-state index contributed by atoms with van der Waals surface area (Å²) >= 11 is 0. The Balaban J connectivity index is 0.000000129. The van der Waals surface area contributed by atoms with Crippen molar-refractivity contribution in [1.29, 1.82) is 0 Å². The fourth-order valence-electron chi connectivity index (χ4n) is 14.3. The number of aromatic amines is 2. The molecule has 3 saturated carbocycles. The second kappa shape index (κ2) is 20.1. The number of amides is 1. The van der Waals surface area contributed by atoms with Gasteiger partial charge in [-0.2, -0.15) is 0 Å². The Morgan fingerprint density at radius 2 is 1.44 bits per heavy atom. The van der Waals surface area contributed by atoms with Gasteiger partial charge in [0.1, 0.15) is 24.6 Å². The highest BCUT2D eigenvalue weighted by Gasteiger charge is 2.75. The molecule has 0 spiro atoms. The average molecular weight is 1060 g/mol. The Labute approximate surface area is 452 Å². The summed E-state index contributed by atoms with van der Waals surface area (Å²) in [4.78, 5) is 94.2. The van der Waals surface area contributed by atoms with E-state index in [9.17, 15) is 39.0 Å². The number of aliphatic hydroxyl groups is 2. The number of primary amides is 1. The van der Waals surface area contributed by atoms with Crippen molar-refractivity contribution in [2.75, 3.05) is 33.9 Å². The van der Waals surface area contributed by atoms with Crippen molar-refractivity contribution in [2.45, 2.75) is 96.6 Å². The van der Waals surface area contributed by atoms with Crippen molar-refractivity contribution < 1.29 is 48.5 Å². The highest BCUT2D eigenvalue weighted by Crippen LogP contribution is 2.66. The van der Waals surface area contributed by atoms with E-state index in [0.717, 1.165) is 63.3 Å². The van der Waals surface area contributed by atoms with Crippen LogP contribution in [0, 0.1) is 34.5 Å². The minimum Gasteiger partial charge on any atom is -0.449 e. The molecule has 0 radical (unpaired) electrons. The van der Waals surface area contributed by atoms with Crippen LogP contribution in [0.15, 0.2) is 94.9 Å². The zero-order chi connectivity index (χ0) is 55.8. The van der Waals surface area contributed by atoms with E-state index < -0.39 is 52.3 Å². The standard InChI is InChI=1S/C21H26O5.C20H14N4.C16H20N4O5.C3H8/c1-19-7-5-13(23)9-12(19)3-4-14-15-6-8-21(26,17(25)11-22)20(15,2)10-16(24)18(14)19;1-2-14-10-16-5-6-18(23-16)12-20-8-7-19(24-20)11-17-4-3-15(22-17)9-13(1)21-14;1-6-10(17)13(22)9-7(5-25-15(18)23)16(24-3)14-8(19(14)2)4-20(16)11(9)12(6)21;1-3-2/h5,7,9,14-15,18,22,26H,3-4,6,8,10-11H2,1-2H3;1-12,21-22H;7-8,14H,4-5,17H2,1-3H3,(H2,18,23);3H2,1-2H3/t14-,15-,18+,19-,20-,21-;;7-,8+,14+,16-,19?;/m0.1./s1. The van der Waals surface area contributed by atoms with Crippen LogP contribution >= 0.6 is 0 Å². The zero-order valence-corrected chi connectivity index (χ0v) is 45.1. The number of nitrogens with two attached hydrogens (primary N) is 2. The van der Waals surface area contributed by atoms with Crippen LogP contribution in [0.5, 0.6) is 0 Å². The normalized spacial score (nSPS) is 32.2. The molecule has 8 heterocycles. The number of ketones is 5. The predicted molar refractivity (Wildman–Crippen MR) is 294 cm³/mol. The SMILES string of the molecule is C1=Cc2cc3ccc(cc4ccc(cc5nc(cc1n2)C=C5)[nH]4)[nH]3.CCC.CO[C@@]12[C@H](COC(N)=O)C3=C(C(=O)C(C)=C(N)C3=O)N1C[C@H]1[C@@H]2N1C.C[C@]12C=CC(=O)C=C1CC[C@@H]1[C@@H]2C(=O)C[C@@]2(C)[C@H]1CC[C@]2(O)C(=O)CO. The molecule has 1 unspecified atom stereocenters. The fourth-order valence-corrected chi connectivity index (χ4v) is 14.3. The third kappa shape index (κ3) is 8.73. The molecule has 10 aliphatic rings. The van der Waals surface area contributed by atoms with Gasteiger partial charge < -0.3 is 46.0 Å². The Morgan fingerprint density at radius 3 is 2.00 bits per heavy atom. The van der Waals surface area contributed by atoms with Gasteiger partial charge in [0.2, 0.25) is 11.6 Å². The molecule has 408 valence electrons. The van der Waals surface area contributed by atoms with Gasteiger partial charge in [0.15, 0.2) is 17.3 Å². The summed E-state index contributed by atoms with van der Waals surface area (Å²) in [7, 11) is 3.49. The third-order valence-corrected chi connectivity index (χ3v) is 18.0. The van der Waals surface area contributed by atoms with E-state index in [1.54, 1.807) is 19.1 Å². The number of aliphatic hydroxyl groups excluding tert-OH is 1. The molecule has 18 heteroatoms. The number of hydrogen-bond donors (Lipinski definition) is 6. The Hall–Kier alpha value is -7.38. The first-order valence-electron chi connectivity index (χ1n) is 26.8. The van der Waals surface area contributed by atoms with Crippen molar-refractivity contribution in [3.05, 3.63) is 118 Å². The average Bonchev–Trinajstić information content (AvgIpc) is 3.11. The van der Waals surface area contributed by atoms with Crippen LogP contribution in [0.2, 0.25) is 0 Å². The quantitative estimate of drug-likeness (QED) is 0.0807. The van der Waals surface area contributed by atoms with Gasteiger partial charge in [0.25, 0.3) is 0 Å². The number of H-pyrrole nitrogens is 2. The number of carbonyl (C=O) groups is 6. The van der Waals surface area contributed by atoms with Crippen molar-refractivity contribution >= 4 is 81.4 Å². The van der Waals surface area contributed by atoms with E-state index in [0.29, 0.717) is 25.1 Å². The van der Waals surface area contributed by atoms with E-state index in [1.165, 1.54) is 13.5 Å². The van der Waals surface area contributed by atoms with E-state index in [-0.39, 0.29) is 77.1 Å². The van der Waals surface area contributed by atoms with Crippen molar-refractivity contribution in [3.63, 3.8) is 0 Å². The molecule has 18 nitrogen and oxygen atoms in total. The summed E-state index contributed by atoms with van der Waals surface area (Å²) in [6, 6.07) is 16.6. The maximum absolute atomic E-state index is 13.3. The maximum Gasteiger partial charge on any atom is 0.404 e. The minimum absolute atomic E-state index is 0.00768. The Bertz CT molecular complexity index is 3350. The zero-order valence-electron chi connectivity index (χ0n) is 45.1. The predicted octanol–water partition coefficient (Wildman–Crippen LogP) is 6.53. The smallest absolute Gasteiger partial charge is 0.404 e. The number of nitrogens with zero attached hydrogens (tertiary/aromatic N) is 4. The lowest BCUT2D eigenvalue weighted by atomic mass is 9.46. The molecular weight excluding hydrogens is 993 g/mol. The molecule has 8 N–H and O–H groups in total. The van der Waals surface area contributed by atoms with Crippen LogP contribution in [0.3, 0.4) is 0 Å². The summed E-state index contributed by atoms with van der Waals surface area (Å²) in [6.45, 7) is 9.40. The number of aromatic nitrogens is 4. The highest BCUT2D eigenvalue weighted by molar-refractivity contribution is 6.25. The maximum atomic E-state index is 13.3. The monoisotopic (exact) mass is 1060 g/mol. The van der Waals surface area contributed by atoms with Crippen LogP contribution in [0.1, 0.15) is 95.9 Å². The van der Waals surface area contributed by atoms with Crippen LogP contribution in [-0.4, -0.2) is 132 Å². The number of allylic oxidation sites excluding steroid dienone is 6. The molecule has 13 rings (SSSR count). The highest BCUT2D eigenvalue weighted by atomic mass is 16.6. The molecule has 3 aromatic heterocycles. The lowest BCUT2D eigenvalue weighted by Gasteiger charge is -2.56. The molecule has 78 heavy (non-hydrogen) atoms. The van der Waals surface area contributed by atoms with E-state index in [4.69, 9.17) is 20.9 Å². The summed E-state index contributed by atoms with van der Waals surface area (Å²) in [5.74, 6) is -1.91. The van der Waals surface area contributed by atoms with Gasteiger partial charge >= 0.3 is 6.09 Å². The topological polar surface area (TPSA) is 277 Å². The number of likely N-dealkylation sites (N-methyl/N-ethyl adjacent to an activating group) is 1. The lowest BCUT2D eigenvalue weighted by Crippen LogP contribution is -2.60. The van der Waals surface area contributed by atoms with Crippen LogP contribution in [0.25, 0.3) is 46.4 Å². The number of hydrogen-bond acceptors (Lipinski definition) is 15. The molecule has 11 atom stereocenters. The van der Waals surface area contributed by atoms with Gasteiger partial charge in [-0.05, 0) is 136 Å². The van der Waals surface area contributed by atoms with Gasteiger partial charge in [-0.25, -0.2) is 14.8 Å². The summed E-state index contributed by atoms with van der Waals surface area (Å²) in [5, 5.41) is 20.5. The van der Waals surface area contributed by atoms with Gasteiger partial charge in [-0.15, -0.1) is 0 Å². The number of fused-ring (bicyclic) bond motifs is 17. The number of Topliss-reactive ketones (excluding diaryl/α,β-unsaturated/α-hetero) is 4. The number of ether oxygens (including phenoxy) is 2. The first-order chi connectivity index (χ1) is 37.2. The van der Waals surface area contributed by atoms with Gasteiger partial charge in [0.05, 0.1) is 46.1 Å². The Kier molecular flexibility index (Phi) is 13.9. The Morgan fingerprint density at radius 1 is 0.859 bits per heavy atom. The number of methoxy groups -OCH3 is 1. The molecule has 8 bridgehead atoms. The van der Waals surface area contributed by atoms with Gasteiger partial charge in [-0.1, -0.05) is 45.8 Å². The number of nitrogens with one attached hydrogen (secondary N) is 2. The first kappa shape index (κ1) is 54.0. The molecule has 5 aliphatic heterocycles. The van der Waals surface area contributed by atoms with E-state index in [1.807, 2.05) is 74.4 Å². The summed E-state index contributed by atoms with van der Waals surface area (Å²) in [5.41, 5.74) is 16.8. The van der Waals surface area contributed by atoms with Crippen molar-refractivity contribution in [2.24, 2.45) is 46.0 Å². The van der Waals surface area contributed by atoms with Crippen LogP contribution in [-0.2, 0) is 33.4 Å². The largest absolute Gasteiger partial charge is 0.449 e.